The first kappa shape index (κ1) is 10.6. The predicted molar refractivity (Wildman–Crippen MR) is 55.6 cm³/mol. The number of nitrogens with two attached hydrogens (primary N) is 1. The Labute approximate surface area is 95.3 Å². The van der Waals surface area contributed by atoms with Crippen LogP contribution in [0.2, 0.25) is 5.28 Å². The molecule has 2 aromatic heterocycles. The third kappa shape index (κ3) is 2.54. The molecule has 0 saturated heterocycles. The van der Waals surface area contributed by atoms with E-state index in [0.717, 1.165) is 0 Å². The zero-order chi connectivity index (χ0) is 11.5. The minimum absolute atomic E-state index is 0.0271. The minimum atomic E-state index is 0.0271. The summed E-state index contributed by atoms with van der Waals surface area (Å²) >= 11 is 5.60. The molecule has 0 spiro atoms. The maximum absolute atomic E-state index is 5.60. The maximum atomic E-state index is 5.60. The quantitative estimate of drug-likeness (QED) is 0.794. The number of nitrogen functional groups attached to an aromatic ring is 1. The summed E-state index contributed by atoms with van der Waals surface area (Å²) < 4.78 is 4.80. The minimum Gasteiger partial charge on any atom is -0.368 e. The van der Waals surface area contributed by atoms with E-state index in [2.05, 4.69) is 30.4 Å². The van der Waals surface area contributed by atoms with Crippen LogP contribution in [-0.4, -0.2) is 25.1 Å². The van der Waals surface area contributed by atoms with Gasteiger partial charge in [-0.15, -0.1) is 0 Å². The van der Waals surface area contributed by atoms with Crippen LogP contribution in [0.4, 0.5) is 11.9 Å². The fourth-order valence-corrected chi connectivity index (χ4v) is 1.18. The molecule has 2 rings (SSSR count). The summed E-state index contributed by atoms with van der Waals surface area (Å²) in [5.74, 6) is 1.30. The van der Waals surface area contributed by atoms with Crippen molar-refractivity contribution < 1.29 is 4.52 Å². The molecule has 16 heavy (non-hydrogen) atoms. The van der Waals surface area contributed by atoms with E-state index in [1.54, 1.807) is 6.92 Å². The SMILES string of the molecule is Cc1nc(CNc2nc(N)nc(Cl)n2)no1. The van der Waals surface area contributed by atoms with Gasteiger partial charge in [0, 0.05) is 6.92 Å². The van der Waals surface area contributed by atoms with Crippen LogP contribution in [0.25, 0.3) is 0 Å². The van der Waals surface area contributed by atoms with Gasteiger partial charge in [-0.3, -0.25) is 0 Å². The Hall–Kier alpha value is -1.96. The van der Waals surface area contributed by atoms with E-state index in [-0.39, 0.29) is 17.2 Å². The van der Waals surface area contributed by atoms with Crippen molar-refractivity contribution >= 4 is 23.5 Å². The molecule has 0 bridgehead atoms. The molecule has 84 valence electrons. The van der Waals surface area contributed by atoms with Crippen molar-refractivity contribution in [3.8, 4) is 0 Å². The number of aryl methyl sites for hydroxylation is 1. The fraction of sp³-hybridized carbons (Fsp3) is 0.286. The van der Waals surface area contributed by atoms with Crippen molar-refractivity contribution in [3.63, 3.8) is 0 Å². The molecule has 2 heterocycles. The topological polar surface area (TPSA) is 116 Å². The molecule has 9 heteroatoms. The second-order valence-corrected chi connectivity index (χ2v) is 3.21. The molecule has 0 aliphatic rings. The van der Waals surface area contributed by atoms with Gasteiger partial charge in [0.05, 0.1) is 6.54 Å². The molecule has 0 aliphatic carbocycles. The van der Waals surface area contributed by atoms with E-state index in [0.29, 0.717) is 18.3 Å². The third-order valence-electron chi connectivity index (χ3n) is 1.60. The van der Waals surface area contributed by atoms with E-state index in [1.807, 2.05) is 0 Å². The van der Waals surface area contributed by atoms with Crippen molar-refractivity contribution in [2.75, 3.05) is 11.1 Å². The fourth-order valence-electron chi connectivity index (χ4n) is 1.02. The van der Waals surface area contributed by atoms with Gasteiger partial charge in [0.2, 0.25) is 23.1 Å². The van der Waals surface area contributed by atoms with Crippen molar-refractivity contribution in [2.45, 2.75) is 13.5 Å². The standard InChI is InChI=1S/C7H8ClN7O/c1-3-11-4(15-16-3)2-10-7-13-5(8)12-6(9)14-7/h2H2,1H3,(H3,9,10,12,13,14). The molecular formula is C7H8ClN7O. The maximum Gasteiger partial charge on any atom is 0.229 e. The largest absolute Gasteiger partial charge is 0.368 e. The number of rotatable bonds is 3. The van der Waals surface area contributed by atoms with Crippen molar-refractivity contribution in [3.05, 3.63) is 17.0 Å². The Morgan fingerprint density at radius 3 is 2.75 bits per heavy atom. The number of anilines is 2. The predicted octanol–water partition coefficient (Wildman–Crippen LogP) is 0.411. The summed E-state index contributed by atoms with van der Waals surface area (Å²) in [5.41, 5.74) is 5.40. The molecule has 0 aromatic carbocycles. The molecular weight excluding hydrogens is 234 g/mol. The molecule has 3 N–H and O–H groups in total. The zero-order valence-corrected chi connectivity index (χ0v) is 9.06. The van der Waals surface area contributed by atoms with Gasteiger partial charge in [-0.05, 0) is 11.6 Å². The van der Waals surface area contributed by atoms with Crippen LogP contribution in [0.5, 0.6) is 0 Å². The van der Waals surface area contributed by atoms with Crippen LogP contribution in [0, 0.1) is 6.92 Å². The Kier molecular flexibility index (Phi) is 2.82. The van der Waals surface area contributed by atoms with E-state index >= 15 is 0 Å². The highest BCUT2D eigenvalue weighted by atomic mass is 35.5. The van der Waals surface area contributed by atoms with Gasteiger partial charge in [0.15, 0.2) is 5.82 Å². The van der Waals surface area contributed by atoms with E-state index in [1.165, 1.54) is 0 Å². The lowest BCUT2D eigenvalue weighted by Crippen LogP contribution is -2.07. The number of aromatic nitrogens is 5. The van der Waals surface area contributed by atoms with Gasteiger partial charge < -0.3 is 15.6 Å². The molecule has 0 amide bonds. The number of hydrogen-bond donors (Lipinski definition) is 2. The summed E-state index contributed by atoms with van der Waals surface area (Å²) in [4.78, 5) is 15.3. The van der Waals surface area contributed by atoms with Crippen molar-refractivity contribution in [2.24, 2.45) is 0 Å². The van der Waals surface area contributed by atoms with Gasteiger partial charge in [0.1, 0.15) is 0 Å². The van der Waals surface area contributed by atoms with Gasteiger partial charge in [0.25, 0.3) is 0 Å². The van der Waals surface area contributed by atoms with Gasteiger partial charge in [-0.2, -0.15) is 19.9 Å². The second-order valence-electron chi connectivity index (χ2n) is 2.87. The molecule has 0 atom stereocenters. The molecule has 8 nitrogen and oxygen atoms in total. The van der Waals surface area contributed by atoms with Crippen LogP contribution in [0.1, 0.15) is 11.7 Å². The Morgan fingerprint density at radius 2 is 2.12 bits per heavy atom. The van der Waals surface area contributed by atoms with Gasteiger partial charge >= 0.3 is 0 Å². The van der Waals surface area contributed by atoms with Crippen LogP contribution in [0.3, 0.4) is 0 Å². The summed E-state index contributed by atoms with van der Waals surface area (Å²) in [6.07, 6.45) is 0. The Balaban J connectivity index is 2.04. The van der Waals surface area contributed by atoms with Crippen LogP contribution in [-0.2, 0) is 6.54 Å². The molecule has 0 fully saturated rings. The normalized spacial score (nSPS) is 10.4. The van der Waals surface area contributed by atoms with E-state index in [9.17, 15) is 0 Å². The second kappa shape index (κ2) is 4.27. The Bertz CT molecular complexity index is 479. The summed E-state index contributed by atoms with van der Waals surface area (Å²) in [6, 6.07) is 0. The van der Waals surface area contributed by atoms with Crippen molar-refractivity contribution in [1.82, 2.24) is 25.1 Å². The van der Waals surface area contributed by atoms with Crippen LogP contribution >= 0.6 is 11.6 Å². The third-order valence-corrected chi connectivity index (χ3v) is 1.77. The number of hydrogen-bond acceptors (Lipinski definition) is 8. The van der Waals surface area contributed by atoms with Crippen molar-refractivity contribution in [1.29, 1.82) is 0 Å². The lowest BCUT2D eigenvalue weighted by Gasteiger charge is -2.01. The monoisotopic (exact) mass is 241 g/mol. The molecule has 0 aliphatic heterocycles. The first-order valence-corrected chi connectivity index (χ1v) is 4.71. The molecule has 2 aromatic rings. The summed E-state index contributed by atoms with van der Waals surface area (Å²) in [5, 5.41) is 6.56. The van der Waals surface area contributed by atoms with Crippen LogP contribution < -0.4 is 11.1 Å². The van der Waals surface area contributed by atoms with E-state index < -0.39 is 0 Å². The van der Waals surface area contributed by atoms with Crippen LogP contribution in [0.15, 0.2) is 4.52 Å². The summed E-state index contributed by atoms with van der Waals surface area (Å²) in [6.45, 7) is 2.02. The average Bonchev–Trinajstić information content (AvgIpc) is 2.60. The first-order valence-electron chi connectivity index (χ1n) is 4.33. The lowest BCUT2D eigenvalue weighted by molar-refractivity contribution is 0.388. The number of nitrogens with one attached hydrogen (secondary N) is 1. The summed E-state index contributed by atoms with van der Waals surface area (Å²) in [7, 11) is 0. The average molecular weight is 242 g/mol. The number of nitrogens with zero attached hydrogens (tertiary/aromatic N) is 5. The highest BCUT2D eigenvalue weighted by molar-refractivity contribution is 6.28. The highest BCUT2D eigenvalue weighted by Gasteiger charge is 2.05. The van der Waals surface area contributed by atoms with Gasteiger partial charge in [-0.25, -0.2) is 0 Å². The smallest absolute Gasteiger partial charge is 0.229 e. The molecule has 0 saturated carbocycles. The lowest BCUT2D eigenvalue weighted by atomic mass is 10.6. The zero-order valence-electron chi connectivity index (χ0n) is 8.31. The highest BCUT2D eigenvalue weighted by Crippen LogP contribution is 2.07. The number of halogens is 1. The van der Waals surface area contributed by atoms with E-state index in [4.69, 9.17) is 21.9 Å². The first-order chi connectivity index (χ1) is 7.63. The molecule has 0 unspecified atom stereocenters. The van der Waals surface area contributed by atoms with Gasteiger partial charge in [-0.1, -0.05) is 5.16 Å². The Morgan fingerprint density at radius 1 is 1.31 bits per heavy atom. The molecule has 0 radical (unpaired) electrons.